The number of carbonyl (C=O) groups excluding carboxylic acids is 3. The third kappa shape index (κ3) is 4.34. The van der Waals surface area contributed by atoms with E-state index in [4.69, 9.17) is 16.3 Å². The average Bonchev–Trinajstić information content (AvgIpc) is 3.22. The van der Waals surface area contributed by atoms with Crippen LogP contribution in [0.15, 0.2) is 29.6 Å². The number of halogens is 1. The van der Waals surface area contributed by atoms with Crippen molar-refractivity contribution in [3.63, 3.8) is 0 Å². The molecular weight excluding hydrogens is 366 g/mol. The summed E-state index contributed by atoms with van der Waals surface area (Å²) in [5, 5.41) is 7.78. The van der Waals surface area contributed by atoms with Crippen LogP contribution in [0.5, 0.6) is 0 Å². The lowest BCUT2D eigenvalue weighted by Gasteiger charge is -2.09. The molecule has 2 N–H and O–H groups in total. The number of ether oxygens (including phenoxy) is 1. The van der Waals surface area contributed by atoms with Gasteiger partial charge in [0.2, 0.25) is 5.91 Å². The highest BCUT2D eigenvalue weighted by Crippen LogP contribution is 2.30. The van der Waals surface area contributed by atoms with Crippen molar-refractivity contribution >= 4 is 45.9 Å². The van der Waals surface area contributed by atoms with E-state index in [1.165, 1.54) is 11.3 Å². The largest absolute Gasteiger partial charge is 0.454 e. The summed E-state index contributed by atoms with van der Waals surface area (Å²) in [6.07, 6.45) is 0.670. The Morgan fingerprint density at radius 1 is 1.40 bits per heavy atom. The molecule has 0 spiro atoms. The number of hydrogen-bond acceptors (Lipinski definition) is 6. The molecule has 0 radical (unpaired) electrons. The standard InChI is InChI=1S/C16H14ClN3O4S/c17-10-4-2-1-3-9(10)12-8-25-16(19-12)20-14(22)7-24-15(23)11-5-6-13(21)18-11/h1-4,8,11H,5-7H2,(H,18,21)(H,19,20,22)/t11-/m0/s1. The van der Waals surface area contributed by atoms with Crippen LogP contribution in [0.3, 0.4) is 0 Å². The maximum atomic E-state index is 11.9. The zero-order valence-corrected chi connectivity index (χ0v) is 14.5. The monoisotopic (exact) mass is 379 g/mol. The van der Waals surface area contributed by atoms with E-state index in [2.05, 4.69) is 15.6 Å². The number of esters is 1. The Labute approximate surface area is 152 Å². The normalized spacial score (nSPS) is 16.4. The van der Waals surface area contributed by atoms with E-state index in [9.17, 15) is 14.4 Å². The second kappa shape index (κ2) is 7.62. The van der Waals surface area contributed by atoms with E-state index in [0.29, 0.717) is 22.3 Å². The molecule has 0 aliphatic carbocycles. The first kappa shape index (κ1) is 17.4. The van der Waals surface area contributed by atoms with Crippen molar-refractivity contribution in [1.82, 2.24) is 10.3 Å². The van der Waals surface area contributed by atoms with Gasteiger partial charge in [-0.1, -0.05) is 29.8 Å². The Balaban J connectivity index is 1.53. The van der Waals surface area contributed by atoms with Crippen LogP contribution >= 0.6 is 22.9 Å². The Bertz CT molecular complexity index is 823. The summed E-state index contributed by atoms with van der Waals surface area (Å²) >= 11 is 7.36. The summed E-state index contributed by atoms with van der Waals surface area (Å²) in [5.41, 5.74) is 1.42. The molecule has 0 unspecified atom stereocenters. The molecule has 1 saturated heterocycles. The van der Waals surface area contributed by atoms with Gasteiger partial charge in [-0.25, -0.2) is 9.78 Å². The van der Waals surface area contributed by atoms with E-state index >= 15 is 0 Å². The molecule has 2 aromatic rings. The molecule has 3 rings (SSSR count). The van der Waals surface area contributed by atoms with Gasteiger partial charge in [0.15, 0.2) is 11.7 Å². The highest BCUT2D eigenvalue weighted by Gasteiger charge is 2.28. The first-order valence-corrected chi connectivity index (χ1v) is 8.75. The molecule has 1 aliphatic rings. The molecule has 1 aromatic carbocycles. The summed E-state index contributed by atoms with van der Waals surface area (Å²) in [4.78, 5) is 39.0. The number of hydrogen-bond donors (Lipinski definition) is 2. The molecule has 130 valence electrons. The average molecular weight is 380 g/mol. The zero-order valence-electron chi connectivity index (χ0n) is 13.0. The Hall–Kier alpha value is -2.45. The van der Waals surface area contributed by atoms with Crippen LogP contribution in [0.1, 0.15) is 12.8 Å². The van der Waals surface area contributed by atoms with Crippen molar-refractivity contribution in [3.8, 4) is 11.3 Å². The lowest BCUT2D eigenvalue weighted by molar-refractivity contribution is -0.149. The van der Waals surface area contributed by atoms with Crippen molar-refractivity contribution < 1.29 is 19.1 Å². The van der Waals surface area contributed by atoms with Crippen LogP contribution in [-0.4, -0.2) is 35.4 Å². The first-order chi connectivity index (χ1) is 12.0. The van der Waals surface area contributed by atoms with Crippen molar-refractivity contribution in [2.24, 2.45) is 0 Å². The fourth-order valence-corrected chi connectivity index (χ4v) is 3.27. The van der Waals surface area contributed by atoms with Crippen molar-refractivity contribution in [1.29, 1.82) is 0 Å². The molecule has 0 saturated carbocycles. The number of nitrogens with one attached hydrogen (secondary N) is 2. The maximum absolute atomic E-state index is 11.9. The molecule has 2 amide bonds. The van der Waals surface area contributed by atoms with Crippen LogP contribution in [0.25, 0.3) is 11.3 Å². The molecule has 0 bridgehead atoms. The smallest absolute Gasteiger partial charge is 0.329 e. The number of amides is 2. The van der Waals surface area contributed by atoms with Gasteiger partial charge in [-0.2, -0.15) is 0 Å². The fraction of sp³-hybridized carbons (Fsp3) is 0.250. The van der Waals surface area contributed by atoms with Crippen molar-refractivity contribution in [3.05, 3.63) is 34.7 Å². The van der Waals surface area contributed by atoms with Gasteiger partial charge in [-0.05, 0) is 12.5 Å². The lowest BCUT2D eigenvalue weighted by Crippen LogP contribution is -2.36. The molecule has 1 atom stereocenters. The summed E-state index contributed by atoms with van der Waals surface area (Å²) in [5.74, 6) is -1.31. The molecule has 2 heterocycles. The highest BCUT2D eigenvalue weighted by atomic mass is 35.5. The Morgan fingerprint density at radius 3 is 2.92 bits per heavy atom. The quantitative estimate of drug-likeness (QED) is 0.776. The van der Waals surface area contributed by atoms with Gasteiger partial charge in [0, 0.05) is 22.4 Å². The number of aromatic nitrogens is 1. The van der Waals surface area contributed by atoms with Gasteiger partial charge in [-0.15, -0.1) is 11.3 Å². The van der Waals surface area contributed by atoms with E-state index in [-0.39, 0.29) is 12.3 Å². The number of carbonyl (C=O) groups is 3. The molecule has 1 aromatic heterocycles. The van der Waals surface area contributed by atoms with Crippen LogP contribution < -0.4 is 10.6 Å². The van der Waals surface area contributed by atoms with Gasteiger partial charge in [0.05, 0.1) is 5.69 Å². The van der Waals surface area contributed by atoms with Crippen molar-refractivity contribution in [2.45, 2.75) is 18.9 Å². The van der Waals surface area contributed by atoms with Crippen LogP contribution in [-0.2, 0) is 19.1 Å². The maximum Gasteiger partial charge on any atom is 0.329 e. The molecule has 1 fully saturated rings. The van der Waals surface area contributed by atoms with Gasteiger partial charge in [0.1, 0.15) is 6.04 Å². The predicted molar refractivity (Wildman–Crippen MR) is 93.3 cm³/mol. The lowest BCUT2D eigenvalue weighted by atomic mass is 10.2. The minimum absolute atomic E-state index is 0.193. The second-order valence-corrected chi connectivity index (χ2v) is 6.60. The van der Waals surface area contributed by atoms with Crippen LogP contribution in [0.4, 0.5) is 5.13 Å². The minimum Gasteiger partial charge on any atom is -0.454 e. The van der Waals surface area contributed by atoms with Gasteiger partial charge in [0.25, 0.3) is 5.91 Å². The highest BCUT2D eigenvalue weighted by molar-refractivity contribution is 7.14. The number of thiazole rings is 1. The topological polar surface area (TPSA) is 97.4 Å². The predicted octanol–water partition coefficient (Wildman–Crippen LogP) is 2.22. The Morgan fingerprint density at radius 2 is 2.20 bits per heavy atom. The number of nitrogens with zero attached hydrogens (tertiary/aromatic N) is 1. The van der Waals surface area contributed by atoms with E-state index < -0.39 is 24.5 Å². The minimum atomic E-state index is -0.674. The van der Waals surface area contributed by atoms with Crippen LogP contribution in [0.2, 0.25) is 5.02 Å². The van der Waals surface area contributed by atoms with Crippen molar-refractivity contribution in [2.75, 3.05) is 11.9 Å². The number of rotatable bonds is 5. The summed E-state index contributed by atoms with van der Waals surface area (Å²) in [6, 6.07) is 6.59. The number of benzene rings is 1. The van der Waals surface area contributed by atoms with E-state index in [0.717, 1.165) is 5.56 Å². The first-order valence-electron chi connectivity index (χ1n) is 7.49. The van der Waals surface area contributed by atoms with E-state index in [1.807, 2.05) is 18.2 Å². The number of anilines is 1. The molecule has 1 aliphatic heterocycles. The summed E-state index contributed by atoms with van der Waals surface area (Å²) in [6.45, 7) is -0.438. The summed E-state index contributed by atoms with van der Waals surface area (Å²) < 4.78 is 4.91. The Kier molecular flexibility index (Phi) is 5.30. The van der Waals surface area contributed by atoms with Gasteiger partial charge in [-0.3, -0.25) is 14.9 Å². The van der Waals surface area contributed by atoms with Crippen LogP contribution in [0, 0.1) is 0 Å². The summed E-state index contributed by atoms with van der Waals surface area (Å²) in [7, 11) is 0. The fourth-order valence-electron chi connectivity index (χ4n) is 2.31. The molecule has 9 heteroatoms. The third-order valence-electron chi connectivity index (χ3n) is 3.53. The third-order valence-corrected chi connectivity index (χ3v) is 4.61. The molecule has 7 nitrogen and oxygen atoms in total. The second-order valence-electron chi connectivity index (χ2n) is 5.33. The van der Waals surface area contributed by atoms with Gasteiger partial charge < -0.3 is 10.1 Å². The molecule has 25 heavy (non-hydrogen) atoms. The van der Waals surface area contributed by atoms with E-state index in [1.54, 1.807) is 11.4 Å². The van der Waals surface area contributed by atoms with Gasteiger partial charge >= 0.3 is 5.97 Å². The molecular formula is C16H14ClN3O4S. The SMILES string of the molecule is O=C(COC(=O)[C@@H]1CCC(=O)N1)Nc1nc(-c2ccccc2Cl)cs1. The zero-order chi connectivity index (χ0) is 17.8.